The van der Waals surface area contributed by atoms with Crippen LogP contribution in [0.5, 0.6) is 0 Å². The summed E-state index contributed by atoms with van der Waals surface area (Å²) in [5, 5.41) is 8.79. The summed E-state index contributed by atoms with van der Waals surface area (Å²) >= 11 is 0. The van der Waals surface area contributed by atoms with Crippen molar-refractivity contribution in [2.75, 3.05) is 39.1 Å². The minimum atomic E-state index is -4.84. The number of aliphatic hydroxyl groups is 1. The Kier molecular flexibility index (Phi) is 7.45. The first-order valence-corrected chi connectivity index (χ1v) is 11.1. The summed E-state index contributed by atoms with van der Waals surface area (Å²) in [6, 6.07) is -0.318. The van der Waals surface area contributed by atoms with E-state index in [0.717, 1.165) is 4.90 Å². The average molecular weight is 446 g/mol. The topological polar surface area (TPSA) is 96.4 Å². The smallest absolute Gasteiger partial charge is 0.427 e. The van der Waals surface area contributed by atoms with Gasteiger partial charge in [0.15, 0.2) is 0 Å². The fourth-order valence-corrected chi connectivity index (χ4v) is 5.34. The fraction of sp³-hybridized carbons (Fsp3) is 0.941. The first-order valence-electron chi connectivity index (χ1n) is 9.52. The summed E-state index contributed by atoms with van der Waals surface area (Å²) in [5.74, 6) is 0.0325. The molecule has 1 spiro atoms. The second-order valence-electron chi connectivity index (χ2n) is 8.12. The number of halogens is 3. The predicted molar refractivity (Wildman–Crippen MR) is 97.7 cm³/mol. The molecule has 2 atom stereocenters. The highest BCUT2D eigenvalue weighted by atomic mass is 32.2. The quantitative estimate of drug-likeness (QED) is 0.666. The molecule has 12 heteroatoms. The molecule has 29 heavy (non-hydrogen) atoms. The Morgan fingerprint density at radius 2 is 1.93 bits per heavy atom. The molecular formula is C17H29F3N2O6S. The molecule has 0 aromatic rings. The number of piperidine rings is 1. The van der Waals surface area contributed by atoms with Crippen LogP contribution in [-0.4, -0.2) is 91.8 Å². The molecule has 0 aromatic heterocycles. The summed E-state index contributed by atoms with van der Waals surface area (Å²) in [6.07, 6.45) is -7.33. The molecule has 2 heterocycles. The Hall–Kier alpha value is -1.11. The van der Waals surface area contributed by atoms with E-state index >= 15 is 0 Å². The van der Waals surface area contributed by atoms with Crippen molar-refractivity contribution in [1.29, 1.82) is 0 Å². The number of alkyl halides is 3. The molecular weight excluding hydrogens is 417 g/mol. The molecule has 170 valence electrons. The van der Waals surface area contributed by atoms with Crippen LogP contribution in [0.2, 0.25) is 0 Å². The van der Waals surface area contributed by atoms with E-state index in [1.54, 1.807) is 0 Å². The number of sulfonamides is 1. The lowest BCUT2D eigenvalue weighted by atomic mass is 9.87. The number of carbonyl (C=O) groups excluding carboxylic acids is 1. The third-order valence-electron chi connectivity index (χ3n) is 5.39. The van der Waals surface area contributed by atoms with Crippen molar-refractivity contribution in [3.8, 4) is 0 Å². The maximum atomic E-state index is 12.7. The van der Waals surface area contributed by atoms with Crippen molar-refractivity contribution in [3.63, 3.8) is 0 Å². The van der Waals surface area contributed by atoms with E-state index in [1.807, 2.05) is 13.8 Å². The Bertz CT molecular complexity index is 677. The molecule has 1 amide bonds. The van der Waals surface area contributed by atoms with Gasteiger partial charge in [0.05, 0.1) is 30.6 Å². The van der Waals surface area contributed by atoms with Gasteiger partial charge in [0, 0.05) is 20.1 Å². The molecule has 1 N–H and O–H groups in total. The monoisotopic (exact) mass is 446 g/mol. The van der Waals surface area contributed by atoms with Crippen molar-refractivity contribution in [2.24, 2.45) is 5.92 Å². The number of hydrogen-bond acceptors (Lipinski definition) is 6. The molecule has 2 aliphatic heterocycles. The Morgan fingerprint density at radius 3 is 2.41 bits per heavy atom. The van der Waals surface area contributed by atoms with Crippen molar-refractivity contribution < 1.29 is 41.0 Å². The molecule has 2 aliphatic rings. The number of rotatable bonds is 6. The zero-order valence-electron chi connectivity index (χ0n) is 16.8. The molecule has 2 fully saturated rings. The van der Waals surface area contributed by atoms with Gasteiger partial charge in [-0.05, 0) is 25.2 Å². The molecule has 0 radical (unpaired) electrons. The lowest BCUT2D eigenvalue weighted by molar-refractivity contribution is -0.215. The number of nitrogens with zero attached hydrogens (tertiary/aromatic N) is 2. The third kappa shape index (κ3) is 5.96. The Morgan fingerprint density at radius 1 is 1.34 bits per heavy atom. The summed E-state index contributed by atoms with van der Waals surface area (Å²) in [5.41, 5.74) is -0.608. The summed E-state index contributed by atoms with van der Waals surface area (Å²) < 4.78 is 74.5. The van der Waals surface area contributed by atoms with Gasteiger partial charge in [0.2, 0.25) is 16.1 Å². The lowest BCUT2D eigenvalue weighted by Gasteiger charge is -2.38. The van der Waals surface area contributed by atoms with Gasteiger partial charge in [0.25, 0.3) is 0 Å². The zero-order valence-corrected chi connectivity index (χ0v) is 17.6. The standard InChI is InChI=1S/C17H29F3N2O6S/c1-12(2)11-29(25,26)21(3)13-8-16(27-10-13)4-6-22(7-5-16)15(24)28-14(9-23)17(18,19)20/h12-14,23H,4-11H2,1-3H3/t13-,14-/m1/s1. The van der Waals surface area contributed by atoms with E-state index in [-0.39, 0.29) is 37.4 Å². The van der Waals surface area contributed by atoms with Gasteiger partial charge in [-0.25, -0.2) is 13.2 Å². The van der Waals surface area contributed by atoms with Crippen LogP contribution in [0.1, 0.15) is 33.1 Å². The zero-order chi connectivity index (χ0) is 22.0. The Balaban J connectivity index is 1.91. The maximum Gasteiger partial charge on any atom is 0.427 e. The van der Waals surface area contributed by atoms with Crippen LogP contribution in [0.25, 0.3) is 0 Å². The normalized spacial score (nSPS) is 23.8. The fourth-order valence-electron chi connectivity index (χ4n) is 3.67. The molecule has 2 saturated heterocycles. The lowest BCUT2D eigenvalue weighted by Crippen LogP contribution is -2.49. The number of likely N-dealkylation sites (tertiary alicyclic amines) is 1. The number of ether oxygens (including phenoxy) is 2. The number of amides is 1. The number of likely N-dealkylation sites (N-methyl/N-ethyl adjacent to an activating group) is 1. The number of hydrogen-bond donors (Lipinski definition) is 1. The SMILES string of the molecule is CC(C)CS(=O)(=O)N(C)[C@H]1COC2(CCN(C(=O)O[C@H](CO)C(F)(F)F)CC2)C1. The predicted octanol–water partition coefficient (Wildman–Crippen LogP) is 1.59. The maximum absolute atomic E-state index is 12.7. The van der Waals surface area contributed by atoms with Crippen LogP contribution in [0.4, 0.5) is 18.0 Å². The highest BCUT2D eigenvalue weighted by Crippen LogP contribution is 2.38. The molecule has 0 bridgehead atoms. The molecule has 8 nitrogen and oxygen atoms in total. The van der Waals surface area contributed by atoms with Gasteiger partial charge in [-0.2, -0.15) is 17.5 Å². The minimum absolute atomic E-state index is 0.00701. The largest absolute Gasteiger partial charge is 0.434 e. The Labute approximate surface area is 169 Å². The second kappa shape index (κ2) is 8.94. The first-order chi connectivity index (χ1) is 13.3. The van der Waals surface area contributed by atoms with Gasteiger partial charge >= 0.3 is 12.3 Å². The second-order valence-corrected chi connectivity index (χ2v) is 10.2. The van der Waals surface area contributed by atoms with Crippen molar-refractivity contribution in [3.05, 3.63) is 0 Å². The van der Waals surface area contributed by atoms with Crippen molar-refractivity contribution >= 4 is 16.1 Å². The van der Waals surface area contributed by atoms with E-state index in [1.165, 1.54) is 11.4 Å². The molecule has 0 unspecified atom stereocenters. The molecule has 0 aromatic carbocycles. The average Bonchev–Trinajstić information content (AvgIpc) is 3.00. The summed E-state index contributed by atoms with van der Waals surface area (Å²) in [4.78, 5) is 13.1. The van der Waals surface area contributed by atoms with Crippen LogP contribution in [0, 0.1) is 5.92 Å². The van der Waals surface area contributed by atoms with Gasteiger partial charge in [0.1, 0.15) is 0 Å². The van der Waals surface area contributed by atoms with Crippen molar-refractivity contribution in [1.82, 2.24) is 9.21 Å². The van der Waals surface area contributed by atoms with Gasteiger partial charge in [-0.15, -0.1) is 0 Å². The van der Waals surface area contributed by atoms with Crippen LogP contribution < -0.4 is 0 Å². The molecule has 0 saturated carbocycles. The van der Waals surface area contributed by atoms with Gasteiger partial charge in [-0.1, -0.05) is 13.8 Å². The van der Waals surface area contributed by atoms with Crippen LogP contribution in [-0.2, 0) is 19.5 Å². The van der Waals surface area contributed by atoms with E-state index in [9.17, 15) is 26.4 Å². The number of carbonyl (C=O) groups is 1. The molecule has 0 aliphatic carbocycles. The van der Waals surface area contributed by atoms with Crippen LogP contribution in [0.15, 0.2) is 0 Å². The number of aliphatic hydroxyl groups excluding tert-OH is 1. The van der Waals surface area contributed by atoms with Crippen LogP contribution in [0.3, 0.4) is 0 Å². The van der Waals surface area contributed by atoms with E-state index in [0.29, 0.717) is 19.3 Å². The minimum Gasteiger partial charge on any atom is -0.434 e. The van der Waals surface area contributed by atoms with E-state index in [4.69, 9.17) is 9.84 Å². The van der Waals surface area contributed by atoms with Gasteiger partial charge in [-0.3, -0.25) is 0 Å². The highest BCUT2D eigenvalue weighted by Gasteiger charge is 2.48. The van der Waals surface area contributed by atoms with Gasteiger partial charge < -0.3 is 19.5 Å². The highest BCUT2D eigenvalue weighted by molar-refractivity contribution is 7.89. The third-order valence-corrected chi connectivity index (χ3v) is 7.66. The van der Waals surface area contributed by atoms with E-state index in [2.05, 4.69) is 4.74 Å². The summed E-state index contributed by atoms with van der Waals surface area (Å²) in [7, 11) is -1.88. The van der Waals surface area contributed by atoms with E-state index < -0.39 is 40.6 Å². The first kappa shape index (κ1) is 24.2. The van der Waals surface area contributed by atoms with Crippen molar-refractivity contribution in [2.45, 2.75) is 57.0 Å². The summed E-state index contributed by atoms with van der Waals surface area (Å²) in [6.45, 7) is 2.81. The molecule has 2 rings (SSSR count). The van der Waals surface area contributed by atoms with Crippen LogP contribution >= 0.6 is 0 Å².